The molecule has 0 aromatic rings. The smallest absolute Gasteiger partial charge is 0.220 e. The summed E-state index contributed by atoms with van der Waals surface area (Å²) in [6.07, 6.45) is 78.4. The molecule has 2 heterocycles. The van der Waals surface area contributed by atoms with Gasteiger partial charge in [-0.3, -0.25) is 4.79 Å². The van der Waals surface area contributed by atoms with E-state index in [1.165, 1.54) is 167 Å². The number of carbonyl (C=O) groups is 1. The van der Waals surface area contributed by atoms with Crippen LogP contribution in [0, 0.1) is 0 Å². The second kappa shape index (κ2) is 64.7. The maximum atomic E-state index is 13.4. The molecule has 2 rings (SSSR count). The van der Waals surface area contributed by atoms with E-state index in [1.807, 2.05) is 6.08 Å². The van der Waals surface area contributed by atoms with Gasteiger partial charge in [0.25, 0.3) is 0 Å². The van der Waals surface area contributed by atoms with E-state index in [-0.39, 0.29) is 18.9 Å². The fraction of sp³-hybridized carbons (Fsp3) is 0.744. The van der Waals surface area contributed by atoms with Crippen molar-refractivity contribution in [1.82, 2.24) is 5.32 Å². The van der Waals surface area contributed by atoms with Crippen molar-refractivity contribution in [2.75, 3.05) is 19.8 Å². The number of hydrogen-bond acceptors (Lipinski definition) is 13. The Morgan fingerprint density at radius 1 is 0.385 bits per heavy atom. The molecule has 0 spiro atoms. The summed E-state index contributed by atoms with van der Waals surface area (Å²) in [5, 5.41) is 87.6. The highest BCUT2D eigenvalue weighted by atomic mass is 16.7. The Hall–Kier alpha value is -3.61. The molecule has 0 radical (unpaired) electrons. The van der Waals surface area contributed by atoms with E-state index in [9.17, 15) is 45.6 Å². The molecule has 12 unspecified atom stereocenters. The lowest BCUT2D eigenvalue weighted by Gasteiger charge is -2.46. The molecule has 2 fully saturated rings. The first kappa shape index (κ1) is 88.5. The van der Waals surface area contributed by atoms with Crippen molar-refractivity contribution in [3.63, 3.8) is 0 Å². The van der Waals surface area contributed by atoms with Crippen LogP contribution in [0.15, 0.2) is 122 Å². The van der Waals surface area contributed by atoms with E-state index >= 15 is 0 Å². The number of rotatable bonds is 63. The molecular weight excluding hydrogens is 1210 g/mol. The minimum atomic E-state index is -1.80. The van der Waals surface area contributed by atoms with E-state index in [0.29, 0.717) is 12.8 Å². The minimum absolute atomic E-state index is 0.257. The number of carbonyl (C=O) groups excluding carboxylic acids is 1. The molecular formula is C82H141NO13. The summed E-state index contributed by atoms with van der Waals surface area (Å²) in [6, 6.07) is -0.948. The third kappa shape index (κ3) is 47.4. The van der Waals surface area contributed by atoms with Crippen LogP contribution in [0.5, 0.6) is 0 Å². The molecule has 0 saturated carbocycles. The molecule has 14 heteroatoms. The zero-order valence-corrected chi connectivity index (χ0v) is 60.3. The maximum absolute atomic E-state index is 13.4. The highest BCUT2D eigenvalue weighted by Crippen LogP contribution is 2.30. The molecule has 2 saturated heterocycles. The van der Waals surface area contributed by atoms with Gasteiger partial charge >= 0.3 is 0 Å². The van der Waals surface area contributed by atoms with Gasteiger partial charge in [-0.1, -0.05) is 309 Å². The standard InChI is InChI=1S/C82H141NO13/c1-3-5-7-9-11-13-15-17-19-21-23-25-27-29-31-32-33-34-35-36-37-38-40-42-44-46-48-50-52-54-56-58-60-62-64-66-74(87)83-70(69-93-81-79(92)77(90)80(73(68-85)95-81)96-82-78(91)76(89)75(88)72(67-84)94-82)71(86)65-63-61-59-57-55-53-51-49-47-45-43-41-39-30-28-26-24-22-20-18-16-14-12-10-8-6-4-2/h5,7,11,13,17,19,23,25,29,31,33-34,36-37,47,49,55,57,63,65,70-73,75-82,84-86,88-92H,3-4,6,8-10,12,14-16,18,20-22,24,26-28,30,32,35,38-46,48,50-54,56,58-62,64,66-69H2,1-2H3,(H,83,87)/b7-5-,13-11-,19-17-,25-23-,31-29-,34-33-,37-36-,49-47+,57-55+,65-63+. The number of aliphatic hydroxyl groups is 8. The summed E-state index contributed by atoms with van der Waals surface area (Å²) < 4.78 is 22.9. The van der Waals surface area contributed by atoms with Crippen LogP contribution in [0.4, 0.5) is 0 Å². The first-order valence-electron chi connectivity index (χ1n) is 38.8. The summed E-state index contributed by atoms with van der Waals surface area (Å²) in [7, 11) is 0. The molecule has 2 aliphatic heterocycles. The van der Waals surface area contributed by atoms with Crippen LogP contribution in [-0.2, 0) is 23.7 Å². The molecule has 552 valence electrons. The average Bonchev–Trinajstić information content (AvgIpc) is 0.797. The Morgan fingerprint density at radius 3 is 1.15 bits per heavy atom. The number of aliphatic hydroxyl groups excluding tert-OH is 8. The fourth-order valence-corrected chi connectivity index (χ4v) is 12.0. The largest absolute Gasteiger partial charge is 0.394 e. The first-order chi connectivity index (χ1) is 47.1. The van der Waals surface area contributed by atoms with Crippen LogP contribution in [0.25, 0.3) is 0 Å². The Balaban J connectivity index is 1.66. The van der Waals surface area contributed by atoms with E-state index in [2.05, 4.69) is 129 Å². The van der Waals surface area contributed by atoms with Crippen LogP contribution in [0.2, 0.25) is 0 Å². The van der Waals surface area contributed by atoms with Crippen LogP contribution in [-0.4, -0.2) is 140 Å². The lowest BCUT2D eigenvalue weighted by molar-refractivity contribution is -0.359. The number of allylic oxidation sites excluding steroid dienone is 19. The molecule has 9 N–H and O–H groups in total. The Bertz CT molecular complexity index is 2080. The van der Waals surface area contributed by atoms with Gasteiger partial charge in [-0.15, -0.1) is 0 Å². The zero-order valence-electron chi connectivity index (χ0n) is 60.3. The van der Waals surface area contributed by atoms with E-state index in [1.54, 1.807) is 6.08 Å². The van der Waals surface area contributed by atoms with Crippen LogP contribution in [0.3, 0.4) is 0 Å². The minimum Gasteiger partial charge on any atom is -0.394 e. The monoisotopic (exact) mass is 1350 g/mol. The van der Waals surface area contributed by atoms with Gasteiger partial charge < -0.3 is 65.1 Å². The number of amides is 1. The van der Waals surface area contributed by atoms with E-state index in [0.717, 1.165) is 96.3 Å². The number of hydrogen-bond donors (Lipinski definition) is 9. The fourth-order valence-electron chi connectivity index (χ4n) is 12.0. The molecule has 14 nitrogen and oxygen atoms in total. The highest BCUT2D eigenvalue weighted by Gasteiger charge is 2.51. The second-order valence-corrected chi connectivity index (χ2v) is 26.7. The Morgan fingerprint density at radius 2 is 0.729 bits per heavy atom. The van der Waals surface area contributed by atoms with Crippen molar-refractivity contribution >= 4 is 5.91 Å². The first-order valence-corrected chi connectivity index (χ1v) is 38.8. The van der Waals surface area contributed by atoms with Crippen molar-refractivity contribution in [3.8, 4) is 0 Å². The zero-order chi connectivity index (χ0) is 69.4. The summed E-state index contributed by atoms with van der Waals surface area (Å²) in [5.74, 6) is -0.257. The molecule has 0 aliphatic carbocycles. The molecule has 2 aliphatic rings. The number of ether oxygens (including phenoxy) is 4. The van der Waals surface area contributed by atoms with Gasteiger partial charge in [-0.25, -0.2) is 0 Å². The summed E-state index contributed by atoms with van der Waals surface area (Å²) >= 11 is 0. The normalized spacial score (nSPS) is 22.9. The van der Waals surface area contributed by atoms with Gasteiger partial charge in [0, 0.05) is 6.42 Å². The Labute approximate surface area is 584 Å². The van der Waals surface area contributed by atoms with Crippen molar-refractivity contribution in [2.24, 2.45) is 0 Å². The van der Waals surface area contributed by atoms with Gasteiger partial charge in [0.1, 0.15) is 48.8 Å². The van der Waals surface area contributed by atoms with Gasteiger partial charge in [-0.2, -0.15) is 0 Å². The van der Waals surface area contributed by atoms with E-state index in [4.69, 9.17) is 18.9 Å². The van der Waals surface area contributed by atoms with Crippen molar-refractivity contribution < 1.29 is 64.6 Å². The quantitative estimate of drug-likeness (QED) is 0.0204. The lowest BCUT2D eigenvalue weighted by Crippen LogP contribution is -2.65. The average molecular weight is 1350 g/mol. The van der Waals surface area contributed by atoms with Crippen molar-refractivity contribution in [3.05, 3.63) is 122 Å². The lowest BCUT2D eigenvalue weighted by atomic mass is 9.97. The van der Waals surface area contributed by atoms with Gasteiger partial charge in [-0.05, 0) is 103 Å². The highest BCUT2D eigenvalue weighted by molar-refractivity contribution is 5.76. The molecule has 0 bridgehead atoms. The Kier molecular flexibility index (Phi) is 59.7. The molecule has 0 aromatic carbocycles. The number of unbranched alkanes of at least 4 members (excludes halogenated alkanes) is 32. The SMILES string of the molecule is CC/C=C\C/C=C\C/C=C\C/C=C\C/C=C\C/C=C\C/C=C\CCCCCCCCCCCCCCCC(=O)NC(COC1OC(CO)C(OC2OC(CO)C(O)C(O)C2O)C(O)C1O)C(O)/C=C/CC/C=C/CC/C=C/CCCCCCCCCCCCCCCCCCC. The van der Waals surface area contributed by atoms with Crippen molar-refractivity contribution in [1.29, 1.82) is 0 Å². The summed E-state index contributed by atoms with van der Waals surface area (Å²) in [6.45, 7) is 2.68. The molecule has 0 aromatic heterocycles. The van der Waals surface area contributed by atoms with Crippen LogP contribution in [0.1, 0.15) is 296 Å². The van der Waals surface area contributed by atoms with Gasteiger partial charge in [0.05, 0.1) is 32.0 Å². The third-order valence-corrected chi connectivity index (χ3v) is 18.1. The molecule has 96 heavy (non-hydrogen) atoms. The predicted molar refractivity (Wildman–Crippen MR) is 396 cm³/mol. The topological polar surface area (TPSA) is 228 Å². The third-order valence-electron chi connectivity index (χ3n) is 18.1. The van der Waals surface area contributed by atoms with Crippen LogP contribution >= 0.6 is 0 Å². The van der Waals surface area contributed by atoms with Crippen LogP contribution < -0.4 is 5.32 Å². The summed E-state index contributed by atoms with van der Waals surface area (Å²) in [4.78, 5) is 13.4. The predicted octanol–water partition coefficient (Wildman–Crippen LogP) is 17.2. The number of nitrogens with one attached hydrogen (secondary N) is 1. The van der Waals surface area contributed by atoms with Crippen molar-refractivity contribution in [2.45, 2.75) is 370 Å². The van der Waals surface area contributed by atoms with Gasteiger partial charge in [0.2, 0.25) is 5.91 Å². The maximum Gasteiger partial charge on any atom is 0.220 e. The second-order valence-electron chi connectivity index (χ2n) is 26.7. The van der Waals surface area contributed by atoms with Gasteiger partial charge in [0.15, 0.2) is 12.6 Å². The molecule has 12 atom stereocenters. The molecule has 1 amide bonds. The van der Waals surface area contributed by atoms with E-state index < -0.39 is 86.8 Å². The summed E-state index contributed by atoms with van der Waals surface area (Å²) in [5.41, 5.74) is 0.